The number of fused-ring (bicyclic) bond motifs is 6. The Labute approximate surface area is 265 Å². The maximum Gasteiger partial charge on any atom is 0.0794 e. The fraction of sp³-hybridized carbons (Fsp3) is 0.163. The molecule has 0 unspecified atom stereocenters. The predicted octanol–water partition coefficient (Wildman–Crippen LogP) is 10.9. The van der Waals surface area contributed by atoms with Crippen LogP contribution in [0.5, 0.6) is 0 Å². The van der Waals surface area contributed by atoms with Crippen molar-refractivity contribution in [2.24, 2.45) is 0 Å². The maximum atomic E-state index is 5.07. The first-order valence-electron chi connectivity index (χ1n) is 15.8. The van der Waals surface area contributed by atoms with Crippen molar-refractivity contribution >= 4 is 21.8 Å². The SMILES string of the molecule is C=C1/C=C\C=C/Cc2ccc(-c3c4cccnc4c(-c4ccc5c(c4)C(C)(C)c4ccccc4-5)c4cccnc34)cc2C1(C)C. The molecular formula is C43H36N2. The van der Waals surface area contributed by atoms with Crippen molar-refractivity contribution in [3.63, 3.8) is 0 Å². The Hall–Kier alpha value is -5.08. The number of hydrogen-bond acceptors (Lipinski definition) is 2. The molecular weight excluding hydrogens is 544 g/mol. The largest absolute Gasteiger partial charge is 0.256 e. The van der Waals surface area contributed by atoms with Crippen LogP contribution < -0.4 is 0 Å². The van der Waals surface area contributed by atoms with Crippen molar-refractivity contribution in [3.8, 4) is 33.4 Å². The van der Waals surface area contributed by atoms with Crippen LogP contribution in [-0.2, 0) is 17.3 Å². The van der Waals surface area contributed by atoms with Crippen molar-refractivity contribution in [1.29, 1.82) is 0 Å². The summed E-state index contributed by atoms with van der Waals surface area (Å²) in [4.78, 5) is 10.1. The summed E-state index contributed by atoms with van der Waals surface area (Å²) in [5.41, 5.74) is 15.4. The van der Waals surface area contributed by atoms with Crippen LogP contribution in [0.2, 0.25) is 0 Å². The lowest BCUT2D eigenvalue weighted by Crippen LogP contribution is -2.20. The van der Waals surface area contributed by atoms with E-state index in [1.807, 2.05) is 24.5 Å². The number of pyridine rings is 2. The molecule has 0 N–H and O–H groups in total. The molecule has 4 aromatic carbocycles. The van der Waals surface area contributed by atoms with E-state index in [-0.39, 0.29) is 10.8 Å². The highest BCUT2D eigenvalue weighted by Gasteiger charge is 2.35. The molecule has 2 aliphatic rings. The molecule has 0 saturated heterocycles. The monoisotopic (exact) mass is 580 g/mol. The summed E-state index contributed by atoms with van der Waals surface area (Å²) < 4.78 is 0. The van der Waals surface area contributed by atoms with Gasteiger partial charge in [0.25, 0.3) is 0 Å². The summed E-state index contributed by atoms with van der Waals surface area (Å²) >= 11 is 0. The molecule has 6 aromatic rings. The smallest absolute Gasteiger partial charge is 0.0794 e. The topological polar surface area (TPSA) is 25.8 Å². The molecule has 0 radical (unpaired) electrons. The first kappa shape index (κ1) is 27.5. The van der Waals surface area contributed by atoms with Gasteiger partial charge in [-0.25, -0.2) is 0 Å². The van der Waals surface area contributed by atoms with E-state index >= 15 is 0 Å². The Bertz CT molecular complexity index is 2200. The zero-order valence-corrected chi connectivity index (χ0v) is 26.4. The van der Waals surface area contributed by atoms with Gasteiger partial charge in [-0.2, -0.15) is 0 Å². The molecule has 0 fully saturated rings. The number of rotatable bonds is 2. The number of nitrogens with zero attached hydrogens (tertiary/aromatic N) is 2. The molecule has 0 saturated carbocycles. The highest BCUT2D eigenvalue weighted by atomic mass is 14.7. The summed E-state index contributed by atoms with van der Waals surface area (Å²) in [6, 6.07) is 31.2. The summed E-state index contributed by atoms with van der Waals surface area (Å²) in [5.74, 6) is 0. The van der Waals surface area contributed by atoms with E-state index < -0.39 is 0 Å². The van der Waals surface area contributed by atoms with Crippen LogP contribution in [0.3, 0.4) is 0 Å². The van der Waals surface area contributed by atoms with Crippen LogP contribution in [0.15, 0.2) is 134 Å². The van der Waals surface area contributed by atoms with E-state index in [0.29, 0.717) is 0 Å². The van der Waals surface area contributed by atoms with E-state index in [0.717, 1.165) is 50.5 Å². The second-order valence-electron chi connectivity index (χ2n) is 13.5. The number of benzene rings is 4. The summed E-state index contributed by atoms with van der Waals surface area (Å²) in [7, 11) is 0. The molecule has 218 valence electrons. The standard InChI is InChI=1S/C43H36N2/c1-27-13-7-6-8-14-28-19-20-29(25-36(28)42(27,2)3)38-33-16-11-24-45-41(33)39(34-17-12-23-44-40(34)38)30-21-22-32-31-15-9-10-18-35(31)43(4,5)37(32)26-30/h6-13,15-26H,1,14H2,2-5H3/b8-6-,13-7-. The number of aromatic nitrogens is 2. The summed E-state index contributed by atoms with van der Waals surface area (Å²) in [6.07, 6.45) is 13.3. The lowest BCUT2D eigenvalue weighted by molar-refractivity contribution is 0.635. The molecule has 45 heavy (non-hydrogen) atoms. The van der Waals surface area contributed by atoms with Gasteiger partial charge in [-0.3, -0.25) is 9.97 Å². The third-order valence-electron chi connectivity index (χ3n) is 10.3. The highest BCUT2D eigenvalue weighted by Crippen LogP contribution is 2.51. The minimum absolute atomic E-state index is 0.0834. The van der Waals surface area contributed by atoms with E-state index in [1.54, 1.807) is 0 Å². The minimum atomic E-state index is -0.222. The summed E-state index contributed by atoms with van der Waals surface area (Å²) in [5, 5.41) is 2.23. The van der Waals surface area contributed by atoms with Crippen molar-refractivity contribution in [3.05, 3.63) is 156 Å². The zero-order valence-electron chi connectivity index (χ0n) is 26.4. The lowest BCUT2D eigenvalue weighted by atomic mass is 9.74. The Morgan fingerprint density at radius 2 is 1.22 bits per heavy atom. The van der Waals surface area contributed by atoms with Gasteiger partial charge in [0.1, 0.15) is 0 Å². The first-order valence-corrected chi connectivity index (χ1v) is 15.8. The van der Waals surface area contributed by atoms with Crippen LogP contribution in [0.4, 0.5) is 0 Å². The molecule has 2 aromatic heterocycles. The molecule has 0 atom stereocenters. The predicted molar refractivity (Wildman–Crippen MR) is 190 cm³/mol. The van der Waals surface area contributed by atoms with E-state index in [1.165, 1.54) is 38.9 Å². The molecule has 8 rings (SSSR count). The summed E-state index contributed by atoms with van der Waals surface area (Å²) in [6.45, 7) is 13.7. The third kappa shape index (κ3) is 4.09. The Morgan fingerprint density at radius 3 is 1.93 bits per heavy atom. The molecule has 2 heteroatoms. The molecule has 2 aliphatic carbocycles. The zero-order chi connectivity index (χ0) is 30.9. The molecule has 0 amide bonds. The maximum absolute atomic E-state index is 5.07. The van der Waals surface area contributed by atoms with Gasteiger partial charge in [-0.15, -0.1) is 0 Å². The Balaban J connectivity index is 1.40. The highest BCUT2D eigenvalue weighted by molar-refractivity contribution is 6.19. The van der Waals surface area contributed by atoms with Crippen LogP contribution in [-0.4, -0.2) is 9.97 Å². The Morgan fingerprint density at radius 1 is 0.600 bits per heavy atom. The normalized spacial score (nSPS) is 17.6. The fourth-order valence-corrected chi connectivity index (χ4v) is 7.63. The van der Waals surface area contributed by atoms with Gasteiger partial charge in [0.2, 0.25) is 0 Å². The lowest BCUT2D eigenvalue weighted by Gasteiger charge is -2.29. The van der Waals surface area contributed by atoms with Gasteiger partial charge in [0.05, 0.1) is 11.0 Å². The second kappa shape index (κ2) is 9.97. The third-order valence-corrected chi connectivity index (χ3v) is 10.3. The molecule has 0 bridgehead atoms. The van der Waals surface area contributed by atoms with Crippen LogP contribution in [0.25, 0.3) is 55.2 Å². The molecule has 2 heterocycles. The first-order chi connectivity index (χ1) is 21.8. The number of allylic oxidation sites excluding steroid dienone is 5. The van der Waals surface area contributed by atoms with Crippen molar-refractivity contribution in [2.75, 3.05) is 0 Å². The van der Waals surface area contributed by atoms with Gasteiger partial charge in [0, 0.05) is 45.1 Å². The Kier molecular flexibility index (Phi) is 6.09. The van der Waals surface area contributed by atoms with Crippen LogP contribution >= 0.6 is 0 Å². The molecule has 0 aliphatic heterocycles. The van der Waals surface area contributed by atoms with Crippen molar-refractivity contribution < 1.29 is 0 Å². The van der Waals surface area contributed by atoms with Crippen LogP contribution in [0.1, 0.15) is 49.9 Å². The van der Waals surface area contributed by atoms with Gasteiger partial charge in [0.15, 0.2) is 0 Å². The quantitative estimate of drug-likeness (QED) is 0.190. The molecule has 0 spiro atoms. The van der Waals surface area contributed by atoms with Crippen molar-refractivity contribution in [1.82, 2.24) is 9.97 Å². The minimum Gasteiger partial charge on any atom is -0.256 e. The van der Waals surface area contributed by atoms with Gasteiger partial charge in [-0.05, 0) is 80.8 Å². The molecule has 2 nitrogen and oxygen atoms in total. The second-order valence-corrected chi connectivity index (χ2v) is 13.5. The van der Waals surface area contributed by atoms with Gasteiger partial charge < -0.3 is 0 Å². The fourth-order valence-electron chi connectivity index (χ4n) is 7.63. The van der Waals surface area contributed by atoms with E-state index in [4.69, 9.17) is 9.97 Å². The average Bonchev–Trinajstić information content (AvgIpc) is 3.31. The average molecular weight is 581 g/mol. The van der Waals surface area contributed by atoms with Gasteiger partial charge >= 0.3 is 0 Å². The van der Waals surface area contributed by atoms with E-state index in [9.17, 15) is 0 Å². The number of hydrogen-bond donors (Lipinski definition) is 0. The van der Waals surface area contributed by atoms with Crippen LogP contribution in [0, 0.1) is 0 Å². The van der Waals surface area contributed by atoms with E-state index in [2.05, 4.69) is 131 Å². The van der Waals surface area contributed by atoms with Crippen molar-refractivity contribution in [2.45, 2.75) is 44.9 Å². The van der Waals surface area contributed by atoms with Gasteiger partial charge in [-0.1, -0.05) is 119 Å².